The molecule has 0 radical (unpaired) electrons. The van der Waals surface area contributed by atoms with Crippen LogP contribution >= 0.6 is 0 Å². The van der Waals surface area contributed by atoms with Gasteiger partial charge in [-0.1, -0.05) is 30.3 Å². The molecule has 2 atom stereocenters. The summed E-state index contributed by atoms with van der Waals surface area (Å²) < 4.78 is 5.86. The summed E-state index contributed by atoms with van der Waals surface area (Å²) in [5.41, 5.74) is 6.12. The number of hydrogen-bond acceptors (Lipinski definition) is 4. The third kappa shape index (κ3) is 5.23. The maximum absolute atomic E-state index is 12.8. The van der Waals surface area contributed by atoms with Crippen molar-refractivity contribution < 1.29 is 14.3 Å². The maximum Gasteiger partial charge on any atom is 0.312 e. The van der Waals surface area contributed by atoms with Crippen LogP contribution in [0.1, 0.15) is 24.9 Å². The first kappa shape index (κ1) is 19.7. The molecule has 1 saturated heterocycles. The molecule has 28 heavy (non-hydrogen) atoms. The van der Waals surface area contributed by atoms with E-state index in [4.69, 9.17) is 10.5 Å². The van der Waals surface area contributed by atoms with E-state index in [1.54, 1.807) is 0 Å². The second-order valence-corrected chi connectivity index (χ2v) is 6.89. The second kappa shape index (κ2) is 9.23. The highest BCUT2D eigenvalue weighted by atomic mass is 16.5. The van der Waals surface area contributed by atoms with Crippen LogP contribution in [0.4, 0.5) is 4.79 Å². The van der Waals surface area contributed by atoms with Gasteiger partial charge in [-0.3, -0.25) is 4.79 Å². The van der Waals surface area contributed by atoms with Crippen molar-refractivity contribution in [3.63, 3.8) is 0 Å². The molecule has 0 bridgehead atoms. The lowest BCUT2D eigenvalue weighted by molar-refractivity contribution is -0.134. The standard InChI is InChI=1S/C21H26N4O3/c1-15-14-23-10-11-25(15)20(26)13-19(24-21(22)27)16-6-5-9-18(12-16)28-17-7-3-2-4-8-17/h2-9,12,15,19,23H,10-11,13-14H2,1H3,(H3,22,24,27)/t15-,19?/m0/s1. The fourth-order valence-corrected chi connectivity index (χ4v) is 3.35. The van der Waals surface area contributed by atoms with Crippen LogP contribution in [0.25, 0.3) is 0 Å². The van der Waals surface area contributed by atoms with E-state index in [0.717, 1.165) is 18.7 Å². The van der Waals surface area contributed by atoms with Gasteiger partial charge in [0.2, 0.25) is 5.91 Å². The number of nitrogens with one attached hydrogen (secondary N) is 2. The molecule has 3 amide bonds. The van der Waals surface area contributed by atoms with Gasteiger partial charge in [0, 0.05) is 25.7 Å². The molecule has 1 aliphatic heterocycles. The van der Waals surface area contributed by atoms with Crippen LogP contribution in [-0.2, 0) is 4.79 Å². The van der Waals surface area contributed by atoms with Gasteiger partial charge >= 0.3 is 6.03 Å². The minimum Gasteiger partial charge on any atom is -0.457 e. The Bertz CT molecular complexity index is 812. The number of amides is 3. The van der Waals surface area contributed by atoms with E-state index in [9.17, 15) is 9.59 Å². The number of ether oxygens (including phenoxy) is 1. The molecule has 148 valence electrons. The molecule has 1 unspecified atom stereocenters. The number of nitrogens with zero attached hydrogens (tertiary/aromatic N) is 1. The first-order valence-electron chi connectivity index (χ1n) is 9.42. The topological polar surface area (TPSA) is 96.7 Å². The molecule has 3 rings (SSSR count). The van der Waals surface area contributed by atoms with Crippen molar-refractivity contribution >= 4 is 11.9 Å². The van der Waals surface area contributed by atoms with Crippen LogP contribution in [0.15, 0.2) is 54.6 Å². The van der Waals surface area contributed by atoms with E-state index >= 15 is 0 Å². The van der Waals surface area contributed by atoms with Crippen LogP contribution in [0.2, 0.25) is 0 Å². The summed E-state index contributed by atoms with van der Waals surface area (Å²) in [7, 11) is 0. The summed E-state index contributed by atoms with van der Waals surface area (Å²) in [6, 6.07) is 15.7. The van der Waals surface area contributed by atoms with Crippen LogP contribution in [-0.4, -0.2) is 42.5 Å². The lowest BCUT2D eigenvalue weighted by Gasteiger charge is -2.35. The molecule has 7 heteroatoms. The van der Waals surface area contributed by atoms with Crippen LogP contribution in [0.5, 0.6) is 11.5 Å². The van der Waals surface area contributed by atoms with Gasteiger partial charge in [0.05, 0.1) is 12.5 Å². The summed E-state index contributed by atoms with van der Waals surface area (Å²) in [5, 5.41) is 5.96. The SMILES string of the molecule is C[C@H]1CNCCN1C(=O)CC(NC(N)=O)c1cccc(Oc2ccccc2)c1. The Hall–Kier alpha value is -3.06. The number of nitrogens with two attached hydrogens (primary N) is 1. The zero-order valence-corrected chi connectivity index (χ0v) is 15.9. The molecule has 7 nitrogen and oxygen atoms in total. The van der Waals surface area contributed by atoms with E-state index in [1.807, 2.05) is 66.4 Å². The Labute approximate surface area is 164 Å². The smallest absolute Gasteiger partial charge is 0.312 e. The average Bonchev–Trinajstić information content (AvgIpc) is 2.68. The average molecular weight is 382 g/mol. The maximum atomic E-state index is 12.8. The fraction of sp³-hybridized carbons (Fsp3) is 0.333. The van der Waals surface area contributed by atoms with Crippen LogP contribution in [0.3, 0.4) is 0 Å². The number of benzene rings is 2. The van der Waals surface area contributed by atoms with Gasteiger partial charge in [-0.15, -0.1) is 0 Å². The number of hydrogen-bond donors (Lipinski definition) is 3. The monoisotopic (exact) mass is 382 g/mol. The summed E-state index contributed by atoms with van der Waals surface area (Å²) in [4.78, 5) is 26.2. The third-order valence-corrected chi connectivity index (χ3v) is 4.76. The van der Waals surface area contributed by atoms with Crippen molar-refractivity contribution in [2.75, 3.05) is 19.6 Å². The highest BCUT2D eigenvalue weighted by Gasteiger charge is 2.26. The van der Waals surface area contributed by atoms with Crippen molar-refractivity contribution in [1.29, 1.82) is 0 Å². The van der Waals surface area contributed by atoms with Crippen LogP contribution < -0.4 is 21.1 Å². The predicted molar refractivity (Wildman–Crippen MR) is 107 cm³/mol. The molecule has 0 saturated carbocycles. The molecule has 0 aromatic heterocycles. The third-order valence-electron chi connectivity index (χ3n) is 4.76. The van der Waals surface area contributed by atoms with Gasteiger partial charge in [-0.25, -0.2) is 4.79 Å². The van der Waals surface area contributed by atoms with E-state index in [2.05, 4.69) is 10.6 Å². The highest BCUT2D eigenvalue weighted by Crippen LogP contribution is 2.26. The number of para-hydroxylation sites is 1. The van der Waals surface area contributed by atoms with Gasteiger partial charge in [-0.05, 0) is 36.8 Å². The van der Waals surface area contributed by atoms with Gasteiger partial charge in [0.15, 0.2) is 0 Å². The highest BCUT2D eigenvalue weighted by molar-refractivity contribution is 5.79. The molecule has 1 aliphatic rings. The molecule has 2 aromatic rings. The van der Waals surface area contributed by atoms with Gasteiger partial charge < -0.3 is 26.0 Å². The van der Waals surface area contributed by atoms with E-state index in [1.165, 1.54) is 0 Å². The Morgan fingerprint density at radius 3 is 2.68 bits per heavy atom. The first-order valence-corrected chi connectivity index (χ1v) is 9.42. The largest absolute Gasteiger partial charge is 0.457 e. The molecule has 2 aromatic carbocycles. The minimum absolute atomic E-state index is 0.0119. The van der Waals surface area contributed by atoms with E-state index in [-0.39, 0.29) is 18.4 Å². The van der Waals surface area contributed by atoms with Gasteiger partial charge in [0.25, 0.3) is 0 Å². The lowest BCUT2D eigenvalue weighted by Crippen LogP contribution is -2.53. The molecule has 4 N–H and O–H groups in total. The lowest BCUT2D eigenvalue weighted by atomic mass is 10.0. The van der Waals surface area contributed by atoms with Crippen molar-refractivity contribution in [2.45, 2.75) is 25.4 Å². The molecular formula is C21H26N4O3. The van der Waals surface area contributed by atoms with E-state index < -0.39 is 12.1 Å². The molecular weight excluding hydrogens is 356 g/mol. The summed E-state index contributed by atoms with van der Waals surface area (Å²) in [6.07, 6.45) is 0.141. The number of rotatable bonds is 6. The Kier molecular flexibility index (Phi) is 6.49. The normalized spacial score (nSPS) is 17.6. The van der Waals surface area contributed by atoms with Crippen molar-refractivity contribution in [3.05, 3.63) is 60.2 Å². The zero-order valence-electron chi connectivity index (χ0n) is 15.9. The Balaban J connectivity index is 1.76. The Morgan fingerprint density at radius 1 is 1.21 bits per heavy atom. The van der Waals surface area contributed by atoms with E-state index in [0.29, 0.717) is 18.0 Å². The van der Waals surface area contributed by atoms with Crippen LogP contribution in [0, 0.1) is 0 Å². The van der Waals surface area contributed by atoms with Crippen molar-refractivity contribution in [3.8, 4) is 11.5 Å². The summed E-state index contributed by atoms with van der Waals surface area (Å²) in [5.74, 6) is 1.33. The molecule has 1 fully saturated rings. The quantitative estimate of drug-likeness (QED) is 0.715. The number of piperazine rings is 1. The number of primary amides is 1. The first-order chi connectivity index (χ1) is 13.5. The summed E-state index contributed by atoms with van der Waals surface area (Å²) in [6.45, 7) is 4.19. The summed E-state index contributed by atoms with van der Waals surface area (Å²) >= 11 is 0. The number of carbonyl (C=O) groups is 2. The number of urea groups is 1. The molecule has 1 heterocycles. The van der Waals surface area contributed by atoms with Crippen molar-refractivity contribution in [1.82, 2.24) is 15.5 Å². The van der Waals surface area contributed by atoms with Crippen molar-refractivity contribution in [2.24, 2.45) is 5.73 Å². The second-order valence-electron chi connectivity index (χ2n) is 6.89. The Morgan fingerprint density at radius 2 is 1.96 bits per heavy atom. The molecule has 0 aliphatic carbocycles. The van der Waals surface area contributed by atoms with Gasteiger partial charge in [0.1, 0.15) is 11.5 Å². The van der Waals surface area contributed by atoms with Gasteiger partial charge in [-0.2, -0.15) is 0 Å². The minimum atomic E-state index is -0.666. The number of carbonyl (C=O) groups excluding carboxylic acids is 2. The predicted octanol–water partition coefficient (Wildman–Crippen LogP) is 2.40. The molecule has 0 spiro atoms. The zero-order chi connectivity index (χ0) is 19.9. The fourth-order valence-electron chi connectivity index (χ4n) is 3.35.